The number of ether oxygens (including phenoxy) is 1. The van der Waals surface area contributed by atoms with Gasteiger partial charge in [-0.25, -0.2) is 4.98 Å². The Kier molecular flexibility index (Phi) is 6.96. The molecule has 1 aromatic carbocycles. The zero-order valence-electron chi connectivity index (χ0n) is 17.2. The first kappa shape index (κ1) is 21.1. The Morgan fingerprint density at radius 2 is 2.10 bits per heavy atom. The van der Waals surface area contributed by atoms with Gasteiger partial charge in [0.05, 0.1) is 30.6 Å². The monoisotopic (exact) mass is 422 g/mol. The molecule has 1 saturated heterocycles. The van der Waals surface area contributed by atoms with Gasteiger partial charge in [-0.05, 0) is 24.8 Å². The highest BCUT2D eigenvalue weighted by Crippen LogP contribution is 2.22. The first-order valence-electron chi connectivity index (χ1n) is 10.5. The van der Waals surface area contributed by atoms with Gasteiger partial charge in [-0.2, -0.15) is 0 Å². The SMILES string of the molecule is O=C(N[C@@H]1CC[C@H](CCn2cc(Cc3ccccc3)nn2)O[C@@H]1CO)c1cnccn1. The zero-order chi connectivity index (χ0) is 21.5. The number of nitrogens with one attached hydrogen (secondary N) is 1. The summed E-state index contributed by atoms with van der Waals surface area (Å²) in [6.07, 6.45) is 8.92. The molecule has 9 nitrogen and oxygen atoms in total. The zero-order valence-corrected chi connectivity index (χ0v) is 17.2. The van der Waals surface area contributed by atoms with Gasteiger partial charge in [0.1, 0.15) is 11.8 Å². The van der Waals surface area contributed by atoms with Gasteiger partial charge in [-0.15, -0.1) is 5.10 Å². The molecule has 0 radical (unpaired) electrons. The van der Waals surface area contributed by atoms with Crippen LogP contribution in [0.3, 0.4) is 0 Å². The van der Waals surface area contributed by atoms with E-state index in [1.54, 1.807) is 0 Å². The van der Waals surface area contributed by atoms with Crippen molar-refractivity contribution in [3.8, 4) is 0 Å². The fraction of sp³-hybridized carbons (Fsp3) is 0.409. The van der Waals surface area contributed by atoms with Crippen molar-refractivity contribution in [2.75, 3.05) is 6.61 Å². The minimum Gasteiger partial charge on any atom is -0.394 e. The lowest BCUT2D eigenvalue weighted by Crippen LogP contribution is -2.51. The van der Waals surface area contributed by atoms with Crippen LogP contribution in [-0.2, 0) is 17.7 Å². The standard InChI is InChI=1S/C22H26N6O3/c29-15-21-19(25-22(30)20-13-23-9-10-24-20)7-6-18(31-21)8-11-28-14-17(26-27-28)12-16-4-2-1-3-5-16/h1-5,9-10,13-14,18-19,21,29H,6-8,11-12,15H2,(H,25,30)/t18-,19-,21-/m1/s1. The molecular weight excluding hydrogens is 396 g/mol. The number of nitrogens with zero attached hydrogens (tertiary/aromatic N) is 5. The smallest absolute Gasteiger partial charge is 0.271 e. The normalized spacial score (nSPS) is 21.0. The molecule has 1 aliphatic rings. The van der Waals surface area contributed by atoms with Crippen molar-refractivity contribution in [3.05, 3.63) is 72.1 Å². The largest absolute Gasteiger partial charge is 0.394 e. The predicted octanol–water partition coefficient (Wildman–Crippen LogP) is 1.39. The summed E-state index contributed by atoms with van der Waals surface area (Å²) in [5.41, 5.74) is 2.38. The van der Waals surface area contributed by atoms with Gasteiger partial charge in [0.25, 0.3) is 5.91 Å². The maximum Gasteiger partial charge on any atom is 0.271 e. The Morgan fingerprint density at radius 1 is 1.23 bits per heavy atom. The first-order chi connectivity index (χ1) is 15.2. The third kappa shape index (κ3) is 5.71. The number of carbonyl (C=O) groups excluding carboxylic acids is 1. The summed E-state index contributed by atoms with van der Waals surface area (Å²) in [6.45, 7) is 0.522. The van der Waals surface area contributed by atoms with E-state index < -0.39 is 6.10 Å². The highest BCUT2D eigenvalue weighted by molar-refractivity contribution is 5.92. The van der Waals surface area contributed by atoms with E-state index >= 15 is 0 Å². The molecule has 162 valence electrons. The van der Waals surface area contributed by atoms with Gasteiger partial charge in [-0.3, -0.25) is 14.5 Å². The lowest BCUT2D eigenvalue weighted by molar-refractivity contribution is -0.0912. The third-order valence-electron chi connectivity index (χ3n) is 5.40. The van der Waals surface area contributed by atoms with Crippen molar-refractivity contribution in [1.29, 1.82) is 0 Å². The van der Waals surface area contributed by atoms with Gasteiger partial charge in [0, 0.05) is 31.6 Å². The summed E-state index contributed by atoms with van der Waals surface area (Å²) < 4.78 is 7.88. The van der Waals surface area contributed by atoms with E-state index in [9.17, 15) is 9.90 Å². The van der Waals surface area contributed by atoms with Crippen molar-refractivity contribution in [1.82, 2.24) is 30.3 Å². The molecular formula is C22H26N6O3. The minimum absolute atomic E-state index is 0.0106. The van der Waals surface area contributed by atoms with Gasteiger partial charge < -0.3 is 15.2 Å². The summed E-state index contributed by atoms with van der Waals surface area (Å²) in [5, 5.41) is 21.1. The number of aliphatic hydroxyl groups is 1. The van der Waals surface area contributed by atoms with Crippen LogP contribution in [0.4, 0.5) is 0 Å². The topological polar surface area (TPSA) is 115 Å². The van der Waals surface area contributed by atoms with Gasteiger partial charge in [0.2, 0.25) is 0 Å². The molecule has 0 bridgehead atoms. The molecule has 1 aliphatic heterocycles. The molecule has 0 aliphatic carbocycles. The van der Waals surface area contributed by atoms with Gasteiger partial charge in [-0.1, -0.05) is 35.5 Å². The van der Waals surface area contributed by atoms with E-state index in [2.05, 4.69) is 37.7 Å². The maximum absolute atomic E-state index is 12.3. The lowest BCUT2D eigenvalue weighted by atomic mass is 9.97. The molecule has 31 heavy (non-hydrogen) atoms. The number of aliphatic hydroxyl groups excluding tert-OH is 1. The fourth-order valence-corrected chi connectivity index (χ4v) is 3.78. The van der Waals surface area contributed by atoms with Crippen LogP contribution in [0.1, 0.15) is 41.0 Å². The molecule has 9 heteroatoms. The Morgan fingerprint density at radius 3 is 2.87 bits per heavy atom. The molecule has 3 aromatic rings. The van der Waals surface area contributed by atoms with Crippen LogP contribution in [0.15, 0.2) is 55.1 Å². The Balaban J connectivity index is 1.26. The van der Waals surface area contributed by atoms with E-state index in [1.165, 1.54) is 24.2 Å². The summed E-state index contributed by atoms with van der Waals surface area (Å²) >= 11 is 0. The van der Waals surface area contributed by atoms with Crippen LogP contribution in [-0.4, -0.2) is 60.8 Å². The third-order valence-corrected chi connectivity index (χ3v) is 5.40. The van der Waals surface area contributed by atoms with Crippen LogP contribution in [0.25, 0.3) is 0 Å². The number of hydrogen-bond donors (Lipinski definition) is 2. The van der Waals surface area contributed by atoms with Gasteiger partial charge >= 0.3 is 0 Å². The van der Waals surface area contributed by atoms with Crippen molar-refractivity contribution in [2.45, 2.75) is 50.5 Å². The van der Waals surface area contributed by atoms with Crippen molar-refractivity contribution >= 4 is 5.91 Å². The number of rotatable bonds is 8. The average Bonchev–Trinajstić information content (AvgIpc) is 3.26. The van der Waals surface area contributed by atoms with Crippen molar-refractivity contribution in [3.63, 3.8) is 0 Å². The molecule has 0 unspecified atom stereocenters. The highest BCUT2D eigenvalue weighted by Gasteiger charge is 2.32. The maximum atomic E-state index is 12.3. The number of hydrogen-bond acceptors (Lipinski definition) is 7. The van der Waals surface area contributed by atoms with Crippen LogP contribution in [0.2, 0.25) is 0 Å². The van der Waals surface area contributed by atoms with Crippen LogP contribution < -0.4 is 5.32 Å². The number of carbonyl (C=O) groups is 1. The summed E-state index contributed by atoms with van der Waals surface area (Å²) in [7, 11) is 0. The van der Waals surface area contributed by atoms with Crippen LogP contribution in [0.5, 0.6) is 0 Å². The Hall–Kier alpha value is -3.17. The summed E-state index contributed by atoms with van der Waals surface area (Å²) in [4.78, 5) is 20.2. The molecule has 4 rings (SSSR count). The van der Waals surface area contributed by atoms with Crippen LogP contribution >= 0.6 is 0 Å². The van der Waals surface area contributed by atoms with Crippen LogP contribution in [0, 0.1) is 0 Å². The summed E-state index contributed by atoms with van der Waals surface area (Å²) in [5.74, 6) is -0.313. The minimum atomic E-state index is -0.455. The Labute approximate surface area is 180 Å². The quantitative estimate of drug-likeness (QED) is 0.564. The number of aryl methyl sites for hydroxylation is 1. The van der Waals surface area contributed by atoms with Crippen molar-refractivity contribution in [2.24, 2.45) is 0 Å². The predicted molar refractivity (Wildman–Crippen MR) is 112 cm³/mol. The second-order valence-corrected chi connectivity index (χ2v) is 7.65. The molecule has 1 amide bonds. The van der Waals surface area contributed by atoms with Gasteiger partial charge in [0.15, 0.2) is 0 Å². The first-order valence-corrected chi connectivity index (χ1v) is 10.5. The lowest BCUT2D eigenvalue weighted by Gasteiger charge is -2.36. The van der Waals surface area contributed by atoms with E-state index in [0.29, 0.717) is 6.54 Å². The molecule has 2 aromatic heterocycles. The van der Waals surface area contributed by atoms with E-state index in [1.807, 2.05) is 29.1 Å². The summed E-state index contributed by atoms with van der Waals surface area (Å²) in [6, 6.07) is 9.91. The van der Waals surface area contributed by atoms with E-state index in [-0.39, 0.29) is 30.4 Å². The molecule has 0 saturated carbocycles. The number of benzene rings is 1. The fourth-order valence-electron chi connectivity index (χ4n) is 3.78. The molecule has 0 spiro atoms. The van der Waals surface area contributed by atoms with Crippen molar-refractivity contribution < 1.29 is 14.6 Å². The second-order valence-electron chi connectivity index (χ2n) is 7.65. The molecule has 1 fully saturated rings. The highest BCUT2D eigenvalue weighted by atomic mass is 16.5. The number of amides is 1. The second kappa shape index (κ2) is 10.2. The molecule has 3 heterocycles. The van der Waals surface area contributed by atoms with E-state index in [0.717, 1.165) is 31.4 Å². The average molecular weight is 422 g/mol. The van der Waals surface area contributed by atoms with E-state index in [4.69, 9.17) is 4.74 Å². The molecule has 2 N–H and O–H groups in total. The molecule has 3 atom stereocenters. The Bertz CT molecular complexity index is 966. The number of aromatic nitrogens is 5.